The van der Waals surface area contributed by atoms with Crippen LogP contribution in [0, 0.1) is 0 Å². The molecule has 0 aromatic heterocycles. The van der Waals surface area contributed by atoms with Crippen molar-refractivity contribution >= 4 is 17.3 Å². The van der Waals surface area contributed by atoms with E-state index in [1.165, 1.54) is 0 Å². The number of hydrogen-bond acceptors (Lipinski definition) is 4. The first-order valence-electron chi connectivity index (χ1n) is 4.89. The van der Waals surface area contributed by atoms with Crippen LogP contribution < -0.4 is 5.32 Å². The van der Waals surface area contributed by atoms with Crippen LogP contribution in [0.3, 0.4) is 0 Å². The van der Waals surface area contributed by atoms with E-state index in [0.29, 0.717) is 17.0 Å². The average Bonchev–Trinajstić information content (AvgIpc) is 2.52. The number of carbonyl (C=O) groups is 1. The number of hydrogen-bond donors (Lipinski definition) is 3. The highest BCUT2D eigenvalue weighted by Crippen LogP contribution is 2.38. The fourth-order valence-corrected chi connectivity index (χ4v) is 1.88. The smallest absolute Gasteiger partial charge is 0.261 e. The Labute approximate surface area is 92.4 Å². The first kappa shape index (κ1) is 10.6. The Kier molecular flexibility index (Phi) is 2.40. The third-order valence-corrected chi connectivity index (χ3v) is 2.68. The van der Waals surface area contributed by atoms with Crippen molar-refractivity contribution in [3.05, 3.63) is 29.8 Å². The lowest BCUT2D eigenvalue weighted by Gasteiger charge is -2.19. The van der Waals surface area contributed by atoms with Crippen molar-refractivity contribution in [2.45, 2.75) is 18.9 Å². The molecule has 5 heteroatoms. The van der Waals surface area contributed by atoms with Gasteiger partial charge in [0.25, 0.3) is 5.91 Å². The van der Waals surface area contributed by atoms with Gasteiger partial charge in [-0.25, -0.2) is 0 Å². The summed E-state index contributed by atoms with van der Waals surface area (Å²) in [5.41, 5.74) is -0.217. The van der Waals surface area contributed by atoms with Gasteiger partial charge in [-0.1, -0.05) is 23.4 Å². The summed E-state index contributed by atoms with van der Waals surface area (Å²) in [6.45, 7) is 1.55. The zero-order valence-corrected chi connectivity index (χ0v) is 8.77. The molecule has 0 unspecified atom stereocenters. The Morgan fingerprint density at radius 1 is 1.50 bits per heavy atom. The van der Waals surface area contributed by atoms with Gasteiger partial charge in [0.05, 0.1) is 5.71 Å². The van der Waals surface area contributed by atoms with E-state index in [-0.39, 0.29) is 6.42 Å². The Morgan fingerprint density at radius 2 is 2.19 bits per heavy atom. The predicted molar refractivity (Wildman–Crippen MR) is 58.5 cm³/mol. The molecule has 1 aliphatic rings. The van der Waals surface area contributed by atoms with E-state index in [1.54, 1.807) is 31.2 Å². The highest BCUT2D eigenvalue weighted by atomic mass is 16.4. The third-order valence-electron chi connectivity index (χ3n) is 2.68. The molecule has 1 amide bonds. The molecule has 0 bridgehead atoms. The molecular weight excluding hydrogens is 208 g/mol. The van der Waals surface area contributed by atoms with Gasteiger partial charge in [-0.15, -0.1) is 0 Å². The second-order valence-electron chi connectivity index (χ2n) is 3.87. The van der Waals surface area contributed by atoms with Crippen LogP contribution in [0.5, 0.6) is 0 Å². The van der Waals surface area contributed by atoms with Crippen molar-refractivity contribution in [3.8, 4) is 0 Å². The SMILES string of the molecule is CC(C[C@@]1(O)C(=O)Nc2ccccc21)=NO. The minimum absolute atomic E-state index is 0.0215. The fourth-order valence-electron chi connectivity index (χ4n) is 1.88. The van der Waals surface area contributed by atoms with Gasteiger partial charge in [0.15, 0.2) is 5.60 Å². The number of anilines is 1. The number of para-hydroxylation sites is 1. The average molecular weight is 220 g/mol. The number of fused-ring (bicyclic) bond motifs is 1. The van der Waals surface area contributed by atoms with Gasteiger partial charge in [0.1, 0.15) is 0 Å². The largest absolute Gasteiger partial charge is 0.411 e. The Hall–Kier alpha value is -1.88. The minimum Gasteiger partial charge on any atom is -0.411 e. The van der Waals surface area contributed by atoms with Crippen molar-refractivity contribution in [1.29, 1.82) is 0 Å². The van der Waals surface area contributed by atoms with Gasteiger partial charge in [-0.05, 0) is 13.0 Å². The summed E-state index contributed by atoms with van der Waals surface area (Å²) in [7, 11) is 0. The quantitative estimate of drug-likeness (QED) is 0.396. The fraction of sp³-hybridized carbons (Fsp3) is 0.273. The van der Waals surface area contributed by atoms with E-state index in [1.807, 2.05) is 0 Å². The van der Waals surface area contributed by atoms with Crippen molar-refractivity contribution in [2.75, 3.05) is 5.32 Å². The molecule has 0 spiro atoms. The monoisotopic (exact) mass is 220 g/mol. The predicted octanol–water partition coefficient (Wildman–Crippen LogP) is 1.07. The van der Waals surface area contributed by atoms with E-state index < -0.39 is 11.5 Å². The summed E-state index contributed by atoms with van der Waals surface area (Å²) in [6, 6.07) is 6.92. The molecule has 16 heavy (non-hydrogen) atoms. The molecule has 0 saturated heterocycles. The maximum atomic E-state index is 11.7. The number of oxime groups is 1. The van der Waals surface area contributed by atoms with E-state index in [2.05, 4.69) is 10.5 Å². The van der Waals surface area contributed by atoms with Crippen molar-refractivity contribution in [3.63, 3.8) is 0 Å². The molecule has 0 fully saturated rings. The standard InChI is InChI=1S/C11H12N2O3/c1-7(13-16)6-11(15)8-4-2-3-5-9(8)12-10(11)14/h2-5,15-16H,6H2,1H3,(H,12,14)/t11-/m0/s1. The summed E-state index contributed by atoms with van der Waals surface area (Å²) in [5.74, 6) is -0.489. The summed E-state index contributed by atoms with van der Waals surface area (Å²) in [5, 5.41) is 24.5. The van der Waals surface area contributed by atoms with Crippen LogP contribution in [-0.4, -0.2) is 21.9 Å². The van der Waals surface area contributed by atoms with Crippen LogP contribution in [0.15, 0.2) is 29.4 Å². The molecule has 1 aromatic rings. The summed E-state index contributed by atoms with van der Waals surface area (Å²) in [6.07, 6.45) is -0.0215. The van der Waals surface area contributed by atoms with Gasteiger partial charge in [-0.2, -0.15) is 0 Å². The van der Waals surface area contributed by atoms with Crippen LogP contribution in [0.2, 0.25) is 0 Å². The summed E-state index contributed by atoms with van der Waals surface area (Å²) >= 11 is 0. The lowest BCUT2D eigenvalue weighted by molar-refractivity contribution is -0.132. The van der Waals surface area contributed by atoms with Crippen molar-refractivity contribution in [1.82, 2.24) is 0 Å². The zero-order valence-electron chi connectivity index (χ0n) is 8.77. The van der Waals surface area contributed by atoms with E-state index in [9.17, 15) is 9.90 Å². The van der Waals surface area contributed by atoms with Gasteiger partial charge < -0.3 is 15.6 Å². The van der Waals surface area contributed by atoms with E-state index >= 15 is 0 Å². The van der Waals surface area contributed by atoms with E-state index in [4.69, 9.17) is 5.21 Å². The number of nitrogens with zero attached hydrogens (tertiary/aromatic N) is 1. The van der Waals surface area contributed by atoms with E-state index in [0.717, 1.165) is 0 Å². The lowest BCUT2D eigenvalue weighted by atomic mass is 9.90. The third kappa shape index (κ3) is 1.45. The molecule has 0 radical (unpaired) electrons. The number of benzene rings is 1. The van der Waals surface area contributed by atoms with Gasteiger partial charge in [0.2, 0.25) is 0 Å². The van der Waals surface area contributed by atoms with Crippen molar-refractivity contribution < 1.29 is 15.1 Å². The normalized spacial score (nSPS) is 24.1. The lowest BCUT2D eigenvalue weighted by Crippen LogP contribution is -2.36. The molecule has 1 heterocycles. The van der Waals surface area contributed by atoms with Crippen LogP contribution in [0.1, 0.15) is 18.9 Å². The number of rotatable bonds is 2. The van der Waals surface area contributed by atoms with Gasteiger partial charge in [-0.3, -0.25) is 4.79 Å². The maximum Gasteiger partial charge on any atom is 0.261 e. The number of nitrogens with one attached hydrogen (secondary N) is 1. The van der Waals surface area contributed by atoms with Crippen LogP contribution in [-0.2, 0) is 10.4 Å². The number of aliphatic hydroxyl groups is 1. The summed E-state index contributed by atoms with van der Waals surface area (Å²) < 4.78 is 0. The molecule has 2 rings (SSSR count). The topological polar surface area (TPSA) is 81.9 Å². The van der Waals surface area contributed by atoms with Crippen LogP contribution in [0.4, 0.5) is 5.69 Å². The van der Waals surface area contributed by atoms with Crippen LogP contribution >= 0.6 is 0 Å². The second-order valence-corrected chi connectivity index (χ2v) is 3.87. The molecule has 1 aliphatic heterocycles. The highest BCUT2D eigenvalue weighted by Gasteiger charge is 2.45. The zero-order chi connectivity index (χ0) is 11.8. The van der Waals surface area contributed by atoms with Gasteiger partial charge >= 0.3 is 0 Å². The molecule has 3 N–H and O–H groups in total. The first-order valence-corrected chi connectivity index (χ1v) is 4.89. The van der Waals surface area contributed by atoms with Crippen LogP contribution in [0.25, 0.3) is 0 Å². The molecular formula is C11H12N2O3. The van der Waals surface area contributed by atoms with Gasteiger partial charge in [0, 0.05) is 17.7 Å². The number of carbonyl (C=O) groups excluding carboxylic acids is 1. The molecule has 84 valence electrons. The highest BCUT2D eigenvalue weighted by molar-refractivity contribution is 6.07. The first-order chi connectivity index (χ1) is 7.58. The minimum atomic E-state index is -1.63. The molecule has 5 nitrogen and oxygen atoms in total. The molecule has 0 saturated carbocycles. The second kappa shape index (κ2) is 3.61. The van der Waals surface area contributed by atoms with Crippen molar-refractivity contribution in [2.24, 2.45) is 5.16 Å². The molecule has 1 aromatic carbocycles. The summed E-state index contributed by atoms with van der Waals surface area (Å²) in [4.78, 5) is 11.7. The Balaban J connectivity index is 2.44. The number of amides is 1. The maximum absolute atomic E-state index is 11.7. The Bertz CT molecular complexity index is 470. The molecule has 0 aliphatic carbocycles. The molecule has 1 atom stereocenters. The Morgan fingerprint density at radius 3 is 2.88 bits per heavy atom.